The quantitative estimate of drug-likeness (QED) is 0.0556. The van der Waals surface area contributed by atoms with E-state index in [-0.39, 0.29) is 32.5 Å². The van der Waals surface area contributed by atoms with E-state index in [9.17, 15) is 50.6 Å². The summed E-state index contributed by atoms with van der Waals surface area (Å²) in [6, 6.07) is 39.4. The predicted octanol–water partition coefficient (Wildman–Crippen LogP) is 11.0. The van der Waals surface area contributed by atoms with Crippen molar-refractivity contribution in [3.63, 3.8) is 0 Å². The molecule has 7 aromatic rings. The lowest BCUT2D eigenvalue weighted by atomic mass is 9.95. The van der Waals surface area contributed by atoms with Gasteiger partial charge in [0, 0.05) is 55.5 Å². The number of methoxy groups -OCH3 is 4. The van der Waals surface area contributed by atoms with Crippen molar-refractivity contribution in [2.45, 2.75) is 43.6 Å². The van der Waals surface area contributed by atoms with Crippen molar-refractivity contribution >= 4 is 35.1 Å². The van der Waals surface area contributed by atoms with Gasteiger partial charge in [0.1, 0.15) is 5.92 Å². The lowest BCUT2D eigenvalue weighted by Crippen LogP contribution is -2.43. The third-order valence-corrected chi connectivity index (χ3v) is 12.2. The van der Waals surface area contributed by atoms with Gasteiger partial charge in [-0.25, -0.2) is 0 Å². The molecular formula is C58H54F6N4O9. The summed E-state index contributed by atoms with van der Waals surface area (Å²) in [5, 5.41) is 12.7. The van der Waals surface area contributed by atoms with Gasteiger partial charge in [0.25, 0.3) is 0 Å². The smallest absolute Gasteiger partial charge is 0.416 e. The van der Waals surface area contributed by atoms with Crippen LogP contribution < -0.4 is 34.1 Å². The Kier molecular flexibility index (Phi) is 19.8. The summed E-state index contributed by atoms with van der Waals surface area (Å²) in [6.45, 7) is 0.278. The van der Waals surface area contributed by atoms with Crippen molar-refractivity contribution < 1.29 is 69.6 Å². The number of benzene rings is 6. The number of hydrogen-bond acceptors (Lipinski definition) is 9. The molecule has 0 fully saturated rings. The van der Waals surface area contributed by atoms with Gasteiger partial charge in [-0.05, 0) is 95.3 Å². The van der Waals surface area contributed by atoms with Crippen LogP contribution in [0, 0.1) is 0 Å². The van der Waals surface area contributed by atoms with Crippen molar-refractivity contribution in [2.75, 3.05) is 51.3 Å². The minimum atomic E-state index is -4.45. The van der Waals surface area contributed by atoms with Crippen molar-refractivity contribution in [2.24, 2.45) is 0 Å². The van der Waals surface area contributed by atoms with E-state index in [1.807, 2.05) is 6.07 Å². The topological polar surface area (TPSA) is 157 Å². The Morgan fingerprint density at radius 1 is 0.519 bits per heavy atom. The molecule has 0 bridgehead atoms. The second-order valence-corrected chi connectivity index (χ2v) is 17.1. The van der Waals surface area contributed by atoms with Gasteiger partial charge < -0.3 is 39.2 Å². The molecule has 0 aliphatic rings. The first-order chi connectivity index (χ1) is 36.9. The number of amides is 3. The zero-order chi connectivity index (χ0) is 55.7. The minimum absolute atomic E-state index is 0.0241. The van der Waals surface area contributed by atoms with E-state index in [0.717, 1.165) is 29.8 Å². The molecule has 0 radical (unpaired) electrons. The number of halogens is 6. The van der Waals surface area contributed by atoms with Gasteiger partial charge in [-0.15, -0.1) is 0 Å². The van der Waals surface area contributed by atoms with Crippen LogP contribution in [0.1, 0.15) is 50.8 Å². The van der Waals surface area contributed by atoms with Crippen LogP contribution in [0.25, 0.3) is 0 Å². The van der Waals surface area contributed by atoms with E-state index in [0.29, 0.717) is 56.6 Å². The number of hydrogen-bond donors (Lipinski definition) is 2. The van der Waals surface area contributed by atoms with Gasteiger partial charge >= 0.3 is 18.3 Å². The lowest BCUT2D eigenvalue weighted by molar-refractivity contribution is -0.143. The number of rotatable bonds is 20. The largest absolute Gasteiger partial charge is 0.493 e. The van der Waals surface area contributed by atoms with Crippen molar-refractivity contribution in [3.8, 4) is 23.0 Å². The summed E-state index contributed by atoms with van der Waals surface area (Å²) < 4.78 is 99.2. The maximum absolute atomic E-state index is 14.3. The first-order valence-electron chi connectivity index (χ1n) is 23.7. The van der Waals surface area contributed by atoms with E-state index in [2.05, 4.69) is 10.3 Å². The fraction of sp³-hybridized carbons (Fsp3) is 0.224. The summed E-state index contributed by atoms with van der Waals surface area (Å²) in [4.78, 5) is 60.4. The standard InChI is InChI=1S/C32H30F3N3O4.C26H24F3NO5/c1-41-27-15-14-26(19-28(27)42-2)38(18-16-22-10-12-25(13-11-22)32(33,34)35)31(40)29(24-8-4-3-5-9-24)30(39)37-21-23-7-6-17-36-20-23;1-34-21-13-12-20(16-22(21)35-2)30(15-14-17-8-10-19(11-9-17)26(27,28)29)24(31)23(25(32)33)18-6-4-3-5-7-18/h3-15,17,19-20,29H,16,18,21H2,1-2H3,(H,37,39);3-13,16,23H,14-15H2,1-2H3,(H,32,33). The fourth-order valence-electron chi connectivity index (χ4n) is 8.11. The number of pyridine rings is 1. The number of nitrogens with one attached hydrogen (secondary N) is 1. The molecule has 7 rings (SSSR count). The molecule has 1 heterocycles. The van der Waals surface area contributed by atoms with Crippen LogP contribution in [0.15, 0.2) is 170 Å². The van der Waals surface area contributed by atoms with Gasteiger partial charge in [0.15, 0.2) is 28.9 Å². The van der Waals surface area contributed by atoms with Crippen molar-refractivity contribution in [1.29, 1.82) is 0 Å². The zero-order valence-corrected chi connectivity index (χ0v) is 42.2. The molecule has 0 spiro atoms. The van der Waals surface area contributed by atoms with E-state index in [1.165, 1.54) is 62.5 Å². The third kappa shape index (κ3) is 15.4. The Bertz CT molecular complexity index is 3060. The number of nitrogens with zero attached hydrogens (tertiary/aromatic N) is 3. The minimum Gasteiger partial charge on any atom is -0.493 e. The number of carbonyl (C=O) groups is 4. The number of anilines is 2. The van der Waals surface area contributed by atoms with Crippen molar-refractivity contribution in [3.05, 3.63) is 209 Å². The summed E-state index contributed by atoms with van der Waals surface area (Å²) in [7, 11) is 5.85. The molecule has 0 saturated carbocycles. The Balaban J connectivity index is 0.000000254. The maximum atomic E-state index is 14.3. The SMILES string of the molecule is COc1ccc(N(CCc2ccc(C(F)(F)F)cc2)C(=O)C(C(=O)NCc2cccnc2)c2ccccc2)cc1OC.COc1ccc(N(CCc2ccc(C(F)(F)F)cc2)C(=O)C(C(=O)O)c2ccccc2)cc1OC. The Labute approximate surface area is 440 Å². The predicted molar refractivity (Wildman–Crippen MR) is 276 cm³/mol. The van der Waals surface area contributed by atoms with E-state index >= 15 is 0 Å². The Morgan fingerprint density at radius 2 is 0.935 bits per heavy atom. The highest BCUT2D eigenvalue weighted by Gasteiger charge is 2.36. The number of carboxylic acids is 1. The Morgan fingerprint density at radius 3 is 1.31 bits per heavy atom. The van der Waals surface area contributed by atoms with Gasteiger partial charge in [-0.1, -0.05) is 91.0 Å². The monoisotopic (exact) mass is 1060 g/mol. The molecule has 1 aromatic heterocycles. The Hall–Kier alpha value is -8.87. The average Bonchev–Trinajstić information content (AvgIpc) is 3.44. The number of aliphatic carboxylic acids is 1. The lowest BCUT2D eigenvalue weighted by Gasteiger charge is -2.28. The zero-order valence-electron chi connectivity index (χ0n) is 42.2. The van der Waals surface area contributed by atoms with Crippen molar-refractivity contribution in [1.82, 2.24) is 10.3 Å². The number of ether oxygens (including phenoxy) is 4. The number of carboxylic acid groups (broad SMARTS) is 1. The van der Waals surface area contributed by atoms with Crippen LogP contribution in [-0.2, 0) is 50.9 Å². The van der Waals surface area contributed by atoms with Crippen LogP contribution in [0.4, 0.5) is 37.7 Å². The fourth-order valence-corrected chi connectivity index (χ4v) is 8.11. The molecular weight excluding hydrogens is 1010 g/mol. The van der Waals surface area contributed by atoms with Crippen LogP contribution in [-0.4, -0.2) is 75.3 Å². The molecule has 2 N–H and O–H groups in total. The summed E-state index contributed by atoms with van der Waals surface area (Å²) >= 11 is 0. The first-order valence-corrected chi connectivity index (χ1v) is 23.7. The van der Waals surface area contributed by atoms with Gasteiger partial charge in [0.2, 0.25) is 17.7 Å². The molecule has 77 heavy (non-hydrogen) atoms. The second-order valence-electron chi connectivity index (χ2n) is 17.1. The summed E-state index contributed by atoms with van der Waals surface area (Å²) in [5.41, 5.74) is 1.99. The average molecular weight is 1070 g/mol. The molecule has 2 unspecified atom stereocenters. The molecule has 6 aromatic carbocycles. The molecule has 13 nitrogen and oxygen atoms in total. The molecule has 0 aliphatic heterocycles. The van der Waals surface area contributed by atoms with Crippen LogP contribution in [0.5, 0.6) is 23.0 Å². The first kappa shape index (κ1) is 57.4. The second kappa shape index (κ2) is 26.6. The van der Waals surface area contributed by atoms with Gasteiger partial charge in [0.05, 0.1) is 39.6 Å². The van der Waals surface area contributed by atoms with Crippen LogP contribution in [0.2, 0.25) is 0 Å². The molecule has 19 heteroatoms. The molecule has 0 aliphatic carbocycles. The number of alkyl halides is 6. The third-order valence-electron chi connectivity index (χ3n) is 12.2. The summed E-state index contributed by atoms with van der Waals surface area (Å²) in [5.74, 6) is -4.12. The van der Waals surface area contributed by atoms with E-state index in [1.54, 1.807) is 116 Å². The van der Waals surface area contributed by atoms with Gasteiger partial charge in [-0.3, -0.25) is 24.2 Å². The van der Waals surface area contributed by atoms with Crippen LogP contribution in [0.3, 0.4) is 0 Å². The molecule has 0 saturated heterocycles. The number of aromatic nitrogens is 1. The molecule has 2 atom stereocenters. The molecule has 402 valence electrons. The van der Waals surface area contributed by atoms with E-state index < -0.39 is 59.0 Å². The van der Waals surface area contributed by atoms with E-state index in [4.69, 9.17) is 18.9 Å². The highest BCUT2D eigenvalue weighted by Crippen LogP contribution is 2.36. The molecule has 3 amide bonds. The maximum Gasteiger partial charge on any atom is 0.416 e. The highest BCUT2D eigenvalue weighted by molar-refractivity contribution is 6.12. The van der Waals surface area contributed by atoms with Crippen LogP contribution >= 0.6 is 0 Å². The normalized spacial score (nSPS) is 11.9. The summed E-state index contributed by atoms with van der Waals surface area (Å²) in [6.07, 6.45) is -5.23. The number of carbonyl (C=O) groups excluding carboxylic acids is 3. The van der Waals surface area contributed by atoms with Gasteiger partial charge in [-0.2, -0.15) is 26.3 Å². The highest BCUT2D eigenvalue weighted by atomic mass is 19.4.